The molecule has 2 unspecified atom stereocenters. The van der Waals surface area contributed by atoms with Crippen LogP contribution in [0, 0.1) is 22.7 Å². The Bertz CT molecular complexity index is 1040. The Morgan fingerprint density at radius 1 is 1.15 bits per heavy atom. The second kappa shape index (κ2) is 6.49. The SMILES string of the molecule is N#CC1C(=N)Oc2n[nH]c(-c3ccccc3)c2C1c1ccc(Cl)cc1Cl. The molecule has 4 rings (SSSR count). The van der Waals surface area contributed by atoms with Crippen LogP contribution in [0.2, 0.25) is 10.0 Å². The summed E-state index contributed by atoms with van der Waals surface area (Å²) in [5.41, 5.74) is 3.06. The van der Waals surface area contributed by atoms with Crippen LogP contribution in [-0.2, 0) is 0 Å². The lowest BCUT2D eigenvalue weighted by molar-refractivity contribution is 0.437. The number of nitriles is 1. The summed E-state index contributed by atoms with van der Waals surface area (Å²) >= 11 is 12.5. The first-order valence-corrected chi connectivity index (χ1v) is 8.60. The maximum Gasteiger partial charge on any atom is 0.244 e. The van der Waals surface area contributed by atoms with Crippen molar-refractivity contribution < 1.29 is 4.74 Å². The van der Waals surface area contributed by atoms with Crippen molar-refractivity contribution in [3.8, 4) is 23.2 Å². The molecule has 2 atom stereocenters. The highest BCUT2D eigenvalue weighted by molar-refractivity contribution is 6.35. The quantitative estimate of drug-likeness (QED) is 0.651. The molecule has 1 aliphatic heterocycles. The lowest BCUT2D eigenvalue weighted by Gasteiger charge is -2.28. The van der Waals surface area contributed by atoms with Crippen LogP contribution in [-0.4, -0.2) is 16.1 Å². The predicted molar refractivity (Wildman–Crippen MR) is 99.8 cm³/mol. The summed E-state index contributed by atoms with van der Waals surface area (Å²) in [6, 6.07) is 16.9. The van der Waals surface area contributed by atoms with E-state index in [4.69, 9.17) is 33.3 Å². The van der Waals surface area contributed by atoms with E-state index >= 15 is 0 Å². The zero-order valence-electron chi connectivity index (χ0n) is 13.3. The minimum absolute atomic E-state index is 0.151. The average Bonchev–Trinajstić information content (AvgIpc) is 3.05. The smallest absolute Gasteiger partial charge is 0.244 e. The molecule has 0 amide bonds. The first-order chi connectivity index (χ1) is 12.6. The minimum atomic E-state index is -0.818. The van der Waals surface area contributed by atoms with E-state index in [0.29, 0.717) is 21.2 Å². The Morgan fingerprint density at radius 3 is 2.62 bits per heavy atom. The van der Waals surface area contributed by atoms with E-state index in [-0.39, 0.29) is 11.8 Å². The van der Waals surface area contributed by atoms with Crippen LogP contribution < -0.4 is 4.74 Å². The number of fused-ring (bicyclic) bond motifs is 1. The van der Waals surface area contributed by atoms with Gasteiger partial charge in [-0.25, -0.2) is 0 Å². The summed E-state index contributed by atoms with van der Waals surface area (Å²) in [6.45, 7) is 0. The van der Waals surface area contributed by atoms with Crippen molar-refractivity contribution in [1.29, 1.82) is 10.7 Å². The highest BCUT2D eigenvalue weighted by atomic mass is 35.5. The Hall–Kier alpha value is -2.81. The van der Waals surface area contributed by atoms with Crippen LogP contribution in [0.4, 0.5) is 0 Å². The number of aromatic amines is 1. The van der Waals surface area contributed by atoms with E-state index in [1.54, 1.807) is 18.2 Å². The van der Waals surface area contributed by atoms with Gasteiger partial charge in [-0.2, -0.15) is 5.26 Å². The van der Waals surface area contributed by atoms with Gasteiger partial charge in [0.15, 0.2) is 0 Å². The Labute approximate surface area is 159 Å². The van der Waals surface area contributed by atoms with Gasteiger partial charge in [0.1, 0.15) is 5.92 Å². The molecule has 26 heavy (non-hydrogen) atoms. The van der Waals surface area contributed by atoms with Crippen molar-refractivity contribution in [1.82, 2.24) is 10.2 Å². The normalized spacial score (nSPS) is 18.7. The maximum absolute atomic E-state index is 9.69. The standard InChI is InChI=1S/C19H12Cl2N4O/c20-11-6-7-12(14(21)8-11)15-13(9-22)18(23)26-19-16(15)17(24-25-19)10-4-2-1-3-5-10/h1-8,13,15,23H,(H,24,25). The van der Waals surface area contributed by atoms with E-state index in [9.17, 15) is 5.26 Å². The molecule has 1 aromatic heterocycles. The van der Waals surface area contributed by atoms with Gasteiger partial charge in [-0.05, 0) is 23.3 Å². The molecular weight excluding hydrogens is 371 g/mol. The van der Waals surface area contributed by atoms with Crippen LogP contribution in [0.3, 0.4) is 0 Å². The first kappa shape index (κ1) is 16.6. The summed E-state index contributed by atoms with van der Waals surface area (Å²) < 4.78 is 5.50. The summed E-state index contributed by atoms with van der Waals surface area (Å²) in [7, 11) is 0. The summed E-state index contributed by atoms with van der Waals surface area (Å²) in [6.07, 6.45) is 0. The maximum atomic E-state index is 9.69. The van der Waals surface area contributed by atoms with E-state index in [2.05, 4.69) is 16.3 Å². The summed E-state index contributed by atoms with van der Waals surface area (Å²) in [4.78, 5) is 0. The molecule has 2 N–H and O–H groups in total. The average molecular weight is 383 g/mol. The zero-order chi connectivity index (χ0) is 18.3. The molecule has 2 heterocycles. The van der Waals surface area contributed by atoms with Crippen molar-refractivity contribution in [3.05, 3.63) is 69.7 Å². The number of hydrogen-bond donors (Lipinski definition) is 2. The second-order valence-corrected chi connectivity index (χ2v) is 6.74. The topological polar surface area (TPSA) is 85.6 Å². The fraction of sp³-hybridized carbons (Fsp3) is 0.105. The molecule has 0 spiro atoms. The first-order valence-electron chi connectivity index (χ1n) is 7.84. The molecular formula is C19H12Cl2N4O. The third-order valence-electron chi connectivity index (χ3n) is 4.40. The molecule has 0 radical (unpaired) electrons. The van der Waals surface area contributed by atoms with Gasteiger partial charge in [0.05, 0.1) is 17.3 Å². The van der Waals surface area contributed by atoms with Crippen LogP contribution in [0.15, 0.2) is 48.5 Å². The molecule has 0 saturated heterocycles. The monoisotopic (exact) mass is 382 g/mol. The van der Waals surface area contributed by atoms with E-state index in [1.807, 2.05) is 30.3 Å². The largest absolute Gasteiger partial charge is 0.422 e. The molecule has 3 aromatic rings. The lowest BCUT2D eigenvalue weighted by atomic mass is 9.79. The van der Waals surface area contributed by atoms with Crippen LogP contribution in [0.1, 0.15) is 17.0 Å². The Kier molecular flexibility index (Phi) is 4.15. The minimum Gasteiger partial charge on any atom is -0.422 e. The van der Waals surface area contributed by atoms with Crippen LogP contribution in [0.5, 0.6) is 5.88 Å². The van der Waals surface area contributed by atoms with Crippen LogP contribution in [0.25, 0.3) is 11.3 Å². The number of nitrogens with one attached hydrogen (secondary N) is 2. The number of hydrogen-bond acceptors (Lipinski definition) is 4. The summed E-state index contributed by atoms with van der Waals surface area (Å²) in [5, 5.41) is 25.9. The fourth-order valence-electron chi connectivity index (χ4n) is 3.23. The zero-order valence-corrected chi connectivity index (χ0v) is 14.8. The molecule has 0 fully saturated rings. The van der Waals surface area contributed by atoms with E-state index in [0.717, 1.165) is 11.3 Å². The fourth-order valence-corrected chi connectivity index (χ4v) is 3.76. The molecule has 2 aromatic carbocycles. The van der Waals surface area contributed by atoms with Gasteiger partial charge in [-0.1, -0.05) is 59.6 Å². The Morgan fingerprint density at radius 2 is 1.92 bits per heavy atom. The van der Waals surface area contributed by atoms with E-state index in [1.165, 1.54) is 0 Å². The van der Waals surface area contributed by atoms with Gasteiger partial charge in [-0.15, -0.1) is 5.10 Å². The molecule has 7 heteroatoms. The van der Waals surface area contributed by atoms with Gasteiger partial charge in [0.2, 0.25) is 11.8 Å². The highest BCUT2D eigenvalue weighted by Gasteiger charge is 2.41. The summed E-state index contributed by atoms with van der Waals surface area (Å²) in [5.74, 6) is -1.17. The third-order valence-corrected chi connectivity index (χ3v) is 4.96. The molecule has 5 nitrogen and oxygen atoms in total. The van der Waals surface area contributed by atoms with Crippen molar-refractivity contribution in [2.75, 3.05) is 0 Å². The van der Waals surface area contributed by atoms with E-state index < -0.39 is 11.8 Å². The predicted octanol–water partition coefficient (Wildman–Crippen LogP) is 5.02. The van der Waals surface area contributed by atoms with Gasteiger partial charge in [0, 0.05) is 16.0 Å². The molecule has 0 bridgehead atoms. The van der Waals surface area contributed by atoms with Gasteiger partial charge in [0.25, 0.3) is 0 Å². The van der Waals surface area contributed by atoms with Gasteiger partial charge >= 0.3 is 0 Å². The van der Waals surface area contributed by atoms with Crippen molar-refractivity contribution in [3.63, 3.8) is 0 Å². The third kappa shape index (κ3) is 2.64. The lowest BCUT2D eigenvalue weighted by Crippen LogP contribution is -2.31. The second-order valence-electron chi connectivity index (χ2n) is 5.90. The number of aromatic nitrogens is 2. The number of halogens is 2. The number of ether oxygens (including phenoxy) is 1. The number of H-pyrrole nitrogens is 1. The van der Waals surface area contributed by atoms with Crippen molar-refractivity contribution in [2.45, 2.75) is 5.92 Å². The molecule has 0 aliphatic carbocycles. The number of benzene rings is 2. The van der Waals surface area contributed by atoms with Gasteiger partial charge in [-0.3, -0.25) is 10.5 Å². The van der Waals surface area contributed by atoms with Gasteiger partial charge < -0.3 is 4.74 Å². The molecule has 0 saturated carbocycles. The van der Waals surface area contributed by atoms with Crippen molar-refractivity contribution >= 4 is 29.1 Å². The highest BCUT2D eigenvalue weighted by Crippen LogP contribution is 2.47. The number of nitrogens with zero attached hydrogens (tertiary/aromatic N) is 2. The number of rotatable bonds is 2. The van der Waals surface area contributed by atoms with Crippen LogP contribution >= 0.6 is 23.2 Å². The Balaban J connectivity index is 1.97. The molecule has 1 aliphatic rings. The molecule has 128 valence electrons. The van der Waals surface area contributed by atoms with Crippen molar-refractivity contribution in [2.24, 2.45) is 5.92 Å².